The molecule has 2 aliphatic heterocycles. The number of hydrogen-bond acceptors (Lipinski definition) is 4. The van der Waals surface area contributed by atoms with Crippen molar-refractivity contribution in [2.45, 2.75) is 19.4 Å². The summed E-state index contributed by atoms with van der Waals surface area (Å²) >= 11 is 0. The van der Waals surface area contributed by atoms with Crippen molar-refractivity contribution in [3.8, 4) is 0 Å². The van der Waals surface area contributed by atoms with Gasteiger partial charge in [-0.15, -0.1) is 0 Å². The van der Waals surface area contributed by atoms with Crippen LogP contribution in [-0.4, -0.2) is 32.1 Å². The molecule has 1 aromatic rings. The fourth-order valence-electron chi connectivity index (χ4n) is 2.79. The van der Waals surface area contributed by atoms with E-state index in [1.807, 2.05) is 12.1 Å². The van der Waals surface area contributed by atoms with Crippen LogP contribution in [0.3, 0.4) is 0 Å². The molecule has 4 nitrogen and oxygen atoms in total. The maximum atomic E-state index is 11.8. The molecule has 3 rings (SSSR count). The second kappa shape index (κ2) is 4.61. The highest BCUT2D eigenvalue weighted by Gasteiger charge is 2.33. The number of cyclic esters (lactones) is 1. The van der Waals surface area contributed by atoms with Crippen molar-refractivity contribution in [2.24, 2.45) is 0 Å². The van der Waals surface area contributed by atoms with Gasteiger partial charge in [-0.05, 0) is 18.6 Å². The van der Waals surface area contributed by atoms with Crippen molar-refractivity contribution in [1.29, 1.82) is 0 Å². The van der Waals surface area contributed by atoms with Crippen LogP contribution in [0, 0.1) is 0 Å². The summed E-state index contributed by atoms with van der Waals surface area (Å²) in [4.78, 5) is 14.2. The summed E-state index contributed by atoms with van der Waals surface area (Å²) in [7, 11) is 0. The minimum Gasteiger partial charge on any atom is -0.454 e. The number of fused-ring (bicyclic) bond motifs is 1. The number of rotatable bonds is 2. The van der Waals surface area contributed by atoms with E-state index in [-0.39, 0.29) is 12.1 Å². The molecule has 96 valence electrons. The third-order valence-electron chi connectivity index (χ3n) is 3.70. The third-order valence-corrected chi connectivity index (χ3v) is 3.70. The van der Waals surface area contributed by atoms with Gasteiger partial charge in [-0.1, -0.05) is 13.0 Å². The number of anilines is 1. The molecule has 0 amide bonds. The Kier molecular flexibility index (Phi) is 2.96. The summed E-state index contributed by atoms with van der Waals surface area (Å²) in [6.07, 6.45) is 0.764. The van der Waals surface area contributed by atoms with E-state index < -0.39 is 0 Å². The number of ether oxygens (including phenoxy) is 1. The Morgan fingerprint density at radius 1 is 1.39 bits per heavy atom. The third kappa shape index (κ3) is 1.77. The van der Waals surface area contributed by atoms with E-state index in [0.717, 1.165) is 43.7 Å². The summed E-state index contributed by atoms with van der Waals surface area (Å²) < 4.78 is 5.43. The van der Waals surface area contributed by atoms with Crippen LogP contribution < -0.4 is 10.2 Å². The lowest BCUT2D eigenvalue weighted by Crippen LogP contribution is -2.44. The molecule has 0 bridgehead atoms. The Hall–Kier alpha value is -1.55. The molecule has 1 fully saturated rings. The molecular formula is C14H18N2O2. The molecule has 2 heterocycles. The molecule has 1 atom stereocenters. The minimum absolute atomic E-state index is 0.0708. The number of hydrogen-bond donors (Lipinski definition) is 1. The smallest absolute Gasteiger partial charge is 0.339 e. The van der Waals surface area contributed by atoms with Gasteiger partial charge in [-0.3, -0.25) is 0 Å². The first kappa shape index (κ1) is 11.5. The van der Waals surface area contributed by atoms with Gasteiger partial charge in [0.25, 0.3) is 0 Å². The van der Waals surface area contributed by atoms with Crippen LogP contribution in [0.25, 0.3) is 0 Å². The average molecular weight is 246 g/mol. The zero-order chi connectivity index (χ0) is 12.5. The monoisotopic (exact) mass is 246 g/mol. The molecule has 4 heteroatoms. The van der Waals surface area contributed by atoms with Crippen LogP contribution >= 0.6 is 0 Å². The van der Waals surface area contributed by atoms with Gasteiger partial charge >= 0.3 is 5.97 Å². The molecule has 0 radical (unpaired) electrons. The van der Waals surface area contributed by atoms with Gasteiger partial charge in [0, 0.05) is 37.4 Å². The van der Waals surface area contributed by atoms with E-state index in [0.29, 0.717) is 0 Å². The van der Waals surface area contributed by atoms with E-state index in [4.69, 9.17) is 4.74 Å². The number of carbonyl (C=O) groups excluding carboxylic acids is 1. The maximum Gasteiger partial charge on any atom is 0.339 e. The maximum absolute atomic E-state index is 11.8. The topological polar surface area (TPSA) is 41.6 Å². The standard InChI is InChI=1S/C14H18N2O2/c1-2-12-13-10(14(17)18-12)4-3-5-11(13)16-8-6-15-7-9-16/h3-5,12,15H,2,6-9H2,1H3. The van der Waals surface area contributed by atoms with E-state index in [2.05, 4.69) is 23.2 Å². The molecule has 1 saturated heterocycles. The summed E-state index contributed by atoms with van der Waals surface area (Å²) in [5.74, 6) is -0.172. The van der Waals surface area contributed by atoms with Crippen molar-refractivity contribution in [3.63, 3.8) is 0 Å². The predicted octanol–water partition coefficient (Wildman–Crippen LogP) is 1.72. The second-order valence-corrected chi connectivity index (χ2v) is 4.78. The molecule has 1 N–H and O–H groups in total. The van der Waals surface area contributed by atoms with Crippen molar-refractivity contribution in [1.82, 2.24) is 5.32 Å². The van der Waals surface area contributed by atoms with Crippen LogP contribution in [0.2, 0.25) is 0 Å². The second-order valence-electron chi connectivity index (χ2n) is 4.78. The van der Waals surface area contributed by atoms with E-state index >= 15 is 0 Å². The molecule has 1 aromatic carbocycles. The quantitative estimate of drug-likeness (QED) is 0.807. The predicted molar refractivity (Wildman–Crippen MR) is 70.0 cm³/mol. The van der Waals surface area contributed by atoms with Crippen LogP contribution in [0.1, 0.15) is 35.4 Å². The summed E-state index contributed by atoms with van der Waals surface area (Å²) in [5.41, 5.74) is 3.01. The Balaban J connectivity index is 2.02. The highest BCUT2D eigenvalue weighted by Crippen LogP contribution is 2.39. The SMILES string of the molecule is CCC1OC(=O)c2cccc(N3CCNCC3)c21. The van der Waals surface area contributed by atoms with Crippen molar-refractivity contribution in [2.75, 3.05) is 31.1 Å². The van der Waals surface area contributed by atoms with Gasteiger partial charge in [0.2, 0.25) is 0 Å². The Labute approximate surface area is 107 Å². The van der Waals surface area contributed by atoms with Gasteiger partial charge in [-0.25, -0.2) is 4.79 Å². The van der Waals surface area contributed by atoms with Crippen molar-refractivity contribution in [3.05, 3.63) is 29.3 Å². The molecule has 1 unspecified atom stereocenters. The van der Waals surface area contributed by atoms with Crippen LogP contribution in [0.4, 0.5) is 5.69 Å². The summed E-state index contributed by atoms with van der Waals surface area (Å²) in [5, 5.41) is 3.35. The Morgan fingerprint density at radius 3 is 2.89 bits per heavy atom. The van der Waals surface area contributed by atoms with Gasteiger partial charge in [0.1, 0.15) is 6.10 Å². The van der Waals surface area contributed by atoms with Crippen molar-refractivity contribution < 1.29 is 9.53 Å². The van der Waals surface area contributed by atoms with Crippen LogP contribution in [-0.2, 0) is 4.74 Å². The normalized spacial score (nSPS) is 22.8. The molecule has 0 spiro atoms. The zero-order valence-corrected chi connectivity index (χ0v) is 10.6. The summed E-state index contributed by atoms with van der Waals surface area (Å²) in [6.45, 7) is 6.02. The number of nitrogens with one attached hydrogen (secondary N) is 1. The number of esters is 1. The van der Waals surface area contributed by atoms with Crippen LogP contribution in [0.5, 0.6) is 0 Å². The molecule has 0 aromatic heterocycles. The molecular weight excluding hydrogens is 228 g/mol. The van der Waals surface area contributed by atoms with Gasteiger partial charge in [0.15, 0.2) is 0 Å². The van der Waals surface area contributed by atoms with E-state index in [1.54, 1.807) is 0 Å². The number of benzene rings is 1. The molecule has 0 saturated carbocycles. The minimum atomic E-state index is -0.172. The summed E-state index contributed by atoms with van der Waals surface area (Å²) in [6, 6.07) is 5.93. The Bertz CT molecular complexity index is 467. The van der Waals surface area contributed by atoms with E-state index in [9.17, 15) is 4.79 Å². The first-order valence-electron chi connectivity index (χ1n) is 6.61. The van der Waals surface area contributed by atoms with Crippen LogP contribution in [0.15, 0.2) is 18.2 Å². The molecule has 18 heavy (non-hydrogen) atoms. The molecule has 0 aliphatic carbocycles. The fourth-order valence-corrected chi connectivity index (χ4v) is 2.79. The lowest BCUT2D eigenvalue weighted by molar-refractivity contribution is 0.0379. The Morgan fingerprint density at radius 2 is 2.17 bits per heavy atom. The zero-order valence-electron chi connectivity index (χ0n) is 10.6. The first-order chi connectivity index (χ1) is 8.81. The first-order valence-corrected chi connectivity index (χ1v) is 6.61. The lowest BCUT2D eigenvalue weighted by Gasteiger charge is -2.31. The molecule has 2 aliphatic rings. The van der Waals surface area contributed by atoms with E-state index in [1.165, 1.54) is 5.69 Å². The fraction of sp³-hybridized carbons (Fsp3) is 0.500. The highest BCUT2D eigenvalue weighted by atomic mass is 16.5. The number of carbonyl (C=O) groups is 1. The highest BCUT2D eigenvalue weighted by molar-refractivity contribution is 5.96. The lowest BCUT2D eigenvalue weighted by atomic mass is 10.00. The van der Waals surface area contributed by atoms with Crippen molar-refractivity contribution >= 4 is 11.7 Å². The van der Waals surface area contributed by atoms with Gasteiger partial charge < -0.3 is 15.0 Å². The number of nitrogens with zero attached hydrogens (tertiary/aromatic N) is 1. The average Bonchev–Trinajstić information content (AvgIpc) is 2.77. The number of piperazine rings is 1. The van der Waals surface area contributed by atoms with Gasteiger partial charge in [-0.2, -0.15) is 0 Å². The largest absolute Gasteiger partial charge is 0.454 e. The van der Waals surface area contributed by atoms with Gasteiger partial charge in [0.05, 0.1) is 5.56 Å².